The average Bonchev–Trinajstić information content (AvgIpc) is 3.84. The molecule has 2 amide bonds. The number of aryl methyl sites for hydroxylation is 1. The number of carbonyl (C=O) groups excluding carboxylic acids is 3. The molecule has 2 N–H and O–H groups in total. The number of fused-ring (bicyclic) bond motifs is 6. The van der Waals surface area contributed by atoms with E-state index in [2.05, 4.69) is 86.8 Å². The third-order valence-electron chi connectivity index (χ3n) is 12.7. The van der Waals surface area contributed by atoms with Crippen molar-refractivity contribution in [2.75, 3.05) is 20.3 Å². The molecule has 0 radical (unpaired) electrons. The van der Waals surface area contributed by atoms with E-state index in [1.165, 1.54) is 27.5 Å². The summed E-state index contributed by atoms with van der Waals surface area (Å²) in [6, 6.07) is 7.12. The zero-order valence-electron chi connectivity index (χ0n) is 39.4. The summed E-state index contributed by atoms with van der Waals surface area (Å²) in [5.74, 6) is -0.271. The van der Waals surface area contributed by atoms with E-state index in [1.807, 2.05) is 11.6 Å². The van der Waals surface area contributed by atoms with Crippen LogP contribution in [0.25, 0.3) is 39.0 Å². The summed E-state index contributed by atoms with van der Waals surface area (Å²) < 4.78 is 20.2. The van der Waals surface area contributed by atoms with Gasteiger partial charge in [-0.2, -0.15) is 0 Å². The third-order valence-corrected chi connectivity index (χ3v) is 13.5. The van der Waals surface area contributed by atoms with Crippen LogP contribution in [0.3, 0.4) is 0 Å². The first kappa shape index (κ1) is 47.1. The fourth-order valence-corrected chi connectivity index (χ4v) is 10.2. The fourth-order valence-electron chi connectivity index (χ4n) is 9.31. The molecular weight excluding hydrogens is 825 g/mol. The molecule has 6 bridgehead atoms. The number of allylic oxidation sites excluding steroid dienone is 3. The number of carbonyl (C=O) groups is 3. The minimum absolute atomic E-state index is 0.141. The number of ether oxygens (including phenoxy) is 3. The number of hydrogen-bond acceptors (Lipinski definition) is 10. The van der Waals surface area contributed by atoms with Gasteiger partial charge in [-0.15, -0.1) is 11.3 Å². The molecule has 1 fully saturated rings. The standard InChI is InChI=1S/C51H68N6O6S/c1-11-56-43-21-20-35-24-37(43)39(46(56)38-25-36(28-52-45(38)33(4)61-10)34-18-13-16-31(2)15-12-17-32(3)23-34)27-51(8,9)30-62-48(59)40-19-14-22-57(55-40)47(58)41(26-44-53-42(35)29-64-44)54-49(60)63-50(5,6)7/h18,20-21,24-25,28-29,32-33,40-41,55H,2,11-17,19,22-23,26-27,30H2,1,3-10H3,(H,54,60)/b34-18-/t32-,33+,40+,41+/m1/s1. The lowest BCUT2D eigenvalue weighted by atomic mass is 9.83. The lowest BCUT2D eigenvalue weighted by Crippen LogP contribution is -2.60. The summed E-state index contributed by atoms with van der Waals surface area (Å²) in [5, 5.41) is 8.03. The summed E-state index contributed by atoms with van der Waals surface area (Å²) >= 11 is 1.44. The lowest BCUT2D eigenvalue weighted by Gasteiger charge is -2.35. The van der Waals surface area contributed by atoms with Gasteiger partial charge >= 0.3 is 12.1 Å². The maximum atomic E-state index is 14.2. The highest BCUT2D eigenvalue weighted by Gasteiger charge is 2.36. The highest BCUT2D eigenvalue weighted by molar-refractivity contribution is 7.10. The summed E-state index contributed by atoms with van der Waals surface area (Å²) in [6.45, 7) is 21.8. The fraction of sp³-hybridized carbons (Fsp3) is 0.549. The molecule has 0 spiro atoms. The van der Waals surface area contributed by atoms with Crippen LogP contribution in [0.4, 0.5) is 4.79 Å². The van der Waals surface area contributed by atoms with Crippen LogP contribution >= 0.6 is 11.3 Å². The van der Waals surface area contributed by atoms with E-state index < -0.39 is 35.2 Å². The number of cyclic esters (lactones) is 1. The van der Waals surface area contributed by atoms with Crippen LogP contribution in [-0.4, -0.2) is 75.5 Å². The molecular formula is C51H68N6O6S. The van der Waals surface area contributed by atoms with E-state index in [4.69, 9.17) is 24.2 Å². The lowest BCUT2D eigenvalue weighted by molar-refractivity contribution is -0.155. The Morgan fingerprint density at radius 2 is 1.92 bits per heavy atom. The smallest absolute Gasteiger partial charge is 0.408 e. The van der Waals surface area contributed by atoms with Crippen LogP contribution in [0.1, 0.15) is 135 Å². The van der Waals surface area contributed by atoms with E-state index in [0.717, 1.165) is 88.8 Å². The number of pyridine rings is 1. The molecule has 12 nitrogen and oxygen atoms in total. The number of thiazole rings is 1. The number of alkyl carbamates (subject to hydrolysis) is 1. The first-order valence-corrected chi connectivity index (χ1v) is 24.0. The number of esters is 1. The minimum Gasteiger partial charge on any atom is -0.464 e. The molecule has 344 valence electrons. The molecule has 1 saturated heterocycles. The predicted molar refractivity (Wildman–Crippen MR) is 255 cm³/mol. The van der Waals surface area contributed by atoms with Gasteiger partial charge in [0.2, 0.25) is 0 Å². The Balaban J connectivity index is 1.39. The minimum atomic E-state index is -0.993. The predicted octanol–water partition coefficient (Wildman–Crippen LogP) is 10.5. The average molecular weight is 893 g/mol. The van der Waals surface area contributed by atoms with Gasteiger partial charge in [-0.1, -0.05) is 51.5 Å². The number of benzene rings is 1. The molecule has 13 heteroatoms. The molecule has 1 aromatic carbocycles. The first-order chi connectivity index (χ1) is 30.4. The topological polar surface area (TPSA) is 137 Å². The maximum Gasteiger partial charge on any atom is 0.408 e. The number of nitrogens with zero attached hydrogens (tertiary/aromatic N) is 4. The van der Waals surface area contributed by atoms with Crippen LogP contribution in [0, 0.1) is 11.3 Å². The molecule has 7 rings (SSSR count). The van der Waals surface area contributed by atoms with Gasteiger partial charge in [-0.05, 0) is 127 Å². The van der Waals surface area contributed by atoms with Crippen molar-refractivity contribution >= 4 is 45.8 Å². The second-order valence-corrected chi connectivity index (χ2v) is 20.8. The normalized spacial score (nSPS) is 22.8. The van der Waals surface area contributed by atoms with E-state index in [-0.39, 0.29) is 25.0 Å². The summed E-state index contributed by atoms with van der Waals surface area (Å²) in [7, 11) is 1.73. The summed E-state index contributed by atoms with van der Waals surface area (Å²) in [4.78, 5) is 51.5. The van der Waals surface area contributed by atoms with E-state index >= 15 is 0 Å². The summed E-state index contributed by atoms with van der Waals surface area (Å²) in [6.07, 6.45) is 11.6. The molecule has 0 saturated carbocycles. The van der Waals surface area contributed by atoms with Gasteiger partial charge in [0.1, 0.15) is 17.7 Å². The number of rotatable bonds is 6. The SMILES string of the molecule is C=C1CC/C=C(\c2cnc([C@H](C)OC)c(-c3c4c5cc(ccc5n3CC)-c3csc(n3)C[C@H](NC(=O)OC(C)(C)C)C(=O)N3CCC[C@H](N3)C(=O)OCC(C)(C)C4)c2)C[C@H](C)CCC1. The Labute approximate surface area is 383 Å². The van der Waals surface area contributed by atoms with Gasteiger partial charge in [0.05, 0.1) is 34.8 Å². The zero-order valence-corrected chi connectivity index (χ0v) is 40.2. The van der Waals surface area contributed by atoms with E-state index in [1.54, 1.807) is 27.9 Å². The van der Waals surface area contributed by atoms with Gasteiger partial charge in [0, 0.05) is 65.6 Å². The molecule has 1 aliphatic carbocycles. The second-order valence-electron chi connectivity index (χ2n) is 19.8. The van der Waals surface area contributed by atoms with Crippen LogP contribution < -0.4 is 10.7 Å². The van der Waals surface area contributed by atoms with Gasteiger partial charge in [0.25, 0.3) is 5.91 Å². The second kappa shape index (κ2) is 19.7. The molecule has 2 aliphatic heterocycles. The number of methoxy groups -OCH3 is 1. The molecule has 64 heavy (non-hydrogen) atoms. The third kappa shape index (κ3) is 11.0. The van der Waals surface area contributed by atoms with Gasteiger partial charge in [-0.25, -0.2) is 15.2 Å². The van der Waals surface area contributed by atoms with Crippen LogP contribution in [0.5, 0.6) is 0 Å². The Morgan fingerprint density at radius 1 is 1.12 bits per heavy atom. The van der Waals surface area contributed by atoms with Crippen molar-refractivity contribution in [3.63, 3.8) is 0 Å². The highest BCUT2D eigenvalue weighted by atomic mass is 32.1. The Morgan fingerprint density at radius 3 is 2.67 bits per heavy atom. The van der Waals surface area contributed by atoms with Crippen molar-refractivity contribution in [3.8, 4) is 22.5 Å². The van der Waals surface area contributed by atoms with Crippen LogP contribution in [0.15, 0.2) is 54.1 Å². The van der Waals surface area contributed by atoms with Crippen LogP contribution in [0.2, 0.25) is 0 Å². The van der Waals surface area contributed by atoms with Crippen molar-refractivity contribution in [1.82, 2.24) is 30.3 Å². The van der Waals surface area contributed by atoms with Gasteiger partial charge < -0.3 is 24.1 Å². The number of nitrogens with one attached hydrogen (secondary N) is 2. The molecule has 4 aromatic rings. The summed E-state index contributed by atoms with van der Waals surface area (Å²) in [5.41, 5.74) is 12.5. The van der Waals surface area contributed by atoms with Gasteiger partial charge in [0.15, 0.2) is 0 Å². The maximum absolute atomic E-state index is 14.2. The Hall–Kier alpha value is -4.85. The van der Waals surface area contributed by atoms with E-state index in [9.17, 15) is 14.4 Å². The number of amides is 2. The molecule has 0 unspecified atom stereocenters. The zero-order chi connectivity index (χ0) is 45.9. The Kier molecular flexibility index (Phi) is 14.5. The molecule has 3 aliphatic rings. The van der Waals surface area contributed by atoms with E-state index in [0.29, 0.717) is 43.3 Å². The monoisotopic (exact) mass is 892 g/mol. The first-order valence-electron chi connectivity index (χ1n) is 23.2. The molecule has 4 atom stereocenters. The van der Waals surface area contributed by atoms with Crippen LogP contribution in [-0.2, 0) is 43.2 Å². The molecule has 5 heterocycles. The number of hydrogen-bond donors (Lipinski definition) is 2. The number of hydrazine groups is 1. The quantitative estimate of drug-likeness (QED) is 0.143. The van der Waals surface area contributed by atoms with Crippen molar-refractivity contribution in [2.45, 2.75) is 150 Å². The number of aromatic nitrogens is 3. The van der Waals surface area contributed by atoms with Crippen molar-refractivity contribution < 1.29 is 28.6 Å². The molecule has 3 aromatic heterocycles. The van der Waals surface area contributed by atoms with Gasteiger partial charge in [-0.3, -0.25) is 19.6 Å². The Bertz CT molecular complexity index is 2410. The largest absolute Gasteiger partial charge is 0.464 e. The highest BCUT2D eigenvalue weighted by Crippen LogP contribution is 2.43. The van der Waals surface area contributed by atoms with Crippen molar-refractivity contribution in [2.24, 2.45) is 11.3 Å². The van der Waals surface area contributed by atoms with Crippen molar-refractivity contribution in [1.29, 1.82) is 0 Å². The van der Waals surface area contributed by atoms with Crippen molar-refractivity contribution in [3.05, 3.63) is 75.9 Å².